The fourth-order valence-electron chi connectivity index (χ4n) is 2.03. The molecule has 0 unspecified atom stereocenters. The van der Waals surface area contributed by atoms with Gasteiger partial charge in [0.05, 0.1) is 11.9 Å². The van der Waals surface area contributed by atoms with Crippen molar-refractivity contribution in [1.82, 2.24) is 15.0 Å². The molecule has 0 saturated carbocycles. The van der Waals surface area contributed by atoms with Crippen LogP contribution in [0.25, 0.3) is 11.0 Å². The number of fused-ring (bicyclic) bond motifs is 1. The molecular formula is C14H14N4O2. The fraction of sp³-hybridized carbons (Fsp3) is 0.214. The summed E-state index contributed by atoms with van der Waals surface area (Å²) in [6, 6.07) is 7.55. The molecule has 6 nitrogen and oxygen atoms in total. The van der Waals surface area contributed by atoms with Gasteiger partial charge in [-0.25, -0.2) is 4.68 Å². The van der Waals surface area contributed by atoms with Gasteiger partial charge in [-0.05, 0) is 25.1 Å². The Labute approximate surface area is 115 Å². The second-order valence-electron chi connectivity index (χ2n) is 4.69. The number of rotatable bonds is 4. The van der Waals surface area contributed by atoms with Crippen LogP contribution >= 0.6 is 0 Å². The highest BCUT2D eigenvalue weighted by Gasteiger charge is 2.14. The number of Topliss-reactive ketones (excluding diaryl/α,β-unsaturated/α-hetero) is 1. The summed E-state index contributed by atoms with van der Waals surface area (Å²) in [7, 11) is 0. The number of nitrogens with zero attached hydrogens (tertiary/aromatic N) is 3. The summed E-state index contributed by atoms with van der Waals surface area (Å²) in [5, 5.41) is 8.61. The van der Waals surface area contributed by atoms with Crippen molar-refractivity contribution in [3.8, 4) is 0 Å². The molecule has 0 bridgehead atoms. The van der Waals surface area contributed by atoms with Crippen LogP contribution < -0.4 is 5.73 Å². The first kappa shape index (κ1) is 12.6. The summed E-state index contributed by atoms with van der Waals surface area (Å²) in [6.07, 6.45) is 1.66. The summed E-state index contributed by atoms with van der Waals surface area (Å²) in [5.41, 5.74) is 7.94. The smallest absolute Gasteiger partial charge is 0.219 e. The molecule has 0 saturated heterocycles. The van der Waals surface area contributed by atoms with Crippen molar-refractivity contribution in [3.63, 3.8) is 0 Å². The minimum absolute atomic E-state index is 0.0891. The van der Waals surface area contributed by atoms with E-state index in [1.54, 1.807) is 12.3 Å². The van der Waals surface area contributed by atoms with Gasteiger partial charge in [0.2, 0.25) is 5.78 Å². The molecule has 3 rings (SSSR count). The predicted octanol–water partition coefficient (Wildman–Crippen LogP) is 1.67. The average molecular weight is 270 g/mol. The molecule has 2 aromatic heterocycles. The Bertz CT molecular complexity index is 772. The van der Waals surface area contributed by atoms with Gasteiger partial charge in [-0.1, -0.05) is 16.8 Å². The summed E-state index contributed by atoms with van der Waals surface area (Å²) in [6.45, 7) is 2.39. The van der Waals surface area contributed by atoms with Crippen molar-refractivity contribution in [2.75, 3.05) is 0 Å². The van der Waals surface area contributed by atoms with Gasteiger partial charge in [0.15, 0.2) is 5.76 Å². The highest BCUT2D eigenvalue weighted by Crippen LogP contribution is 2.21. The van der Waals surface area contributed by atoms with Crippen molar-refractivity contribution in [2.24, 2.45) is 5.73 Å². The molecule has 0 radical (unpaired) electrons. The third kappa shape index (κ3) is 2.33. The van der Waals surface area contributed by atoms with Crippen LogP contribution in [0, 0.1) is 6.92 Å². The predicted molar refractivity (Wildman–Crippen MR) is 73.2 cm³/mol. The minimum Gasteiger partial charge on any atom is -0.453 e. The van der Waals surface area contributed by atoms with E-state index in [0.29, 0.717) is 23.6 Å². The van der Waals surface area contributed by atoms with Gasteiger partial charge in [-0.2, -0.15) is 0 Å². The molecule has 0 spiro atoms. The monoisotopic (exact) mass is 270 g/mol. The van der Waals surface area contributed by atoms with Crippen LogP contribution in [0.4, 0.5) is 0 Å². The molecule has 0 aliphatic rings. The number of ketones is 1. The Morgan fingerprint density at radius 1 is 1.40 bits per heavy atom. The van der Waals surface area contributed by atoms with E-state index in [1.807, 2.05) is 25.1 Å². The largest absolute Gasteiger partial charge is 0.453 e. The van der Waals surface area contributed by atoms with E-state index in [1.165, 1.54) is 4.68 Å². The van der Waals surface area contributed by atoms with Crippen LogP contribution in [0.5, 0.6) is 0 Å². The van der Waals surface area contributed by atoms with Crippen molar-refractivity contribution < 1.29 is 9.21 Å². The number of aryl methyl sites for hydroxylation is 1. The standard InChI is InChI=1S/C14H14N4O2/c1-9-2-3-13-10(4-9)5-14(20-13)12(19)8-18-7-11(6-15)16-17-18/h2-5,7H,6,8,15H2,1H3. The molecule has 2 N–H and O–H groups in total. The number of carbonyl (C=O) groups excluding carboxylic acids is 1. The van der Waals surface area contributed by atoms with Crippen LogP contribution in [0.1, 0.15) is 21.8 Å². The highest BCUT2D eigenvalue weighted by molar-refractivity contribution is 5.97. The molecule has 0 amide bonds. The summed E-state index contributed by atoms with van der Waals surface area (Å²) >= 11 is 0. The molecule has 0 aliphatic heterocycles. The molecule has 6 heteroatoms. The lowest BCUT2D eigenvalue weighted by Crippen LogP contribution is -2.10. The molecule has 20 heavy (non-hydrogen) atoms. The Hall–Kier alpha value is -2.47. The van der Waals surface area contributed by atoms with Crippen LogP contribution in [-0.4, -0.2) is 20.8 Å². The summed E-state index contributed by atoms with van der Waals surface area (Å²) in [5.74, 6) is 0.183. The Balaban J connectivity index is 1.84. The lowest BCUT2D eigenvalue weighted by Gasteiger charge is -1.96. The molecular weight excluding hydrogens is 256 g/mol. The van der Waals surface area contributed by atoms with Crippen molar-refractivity contribution in [1.29, 1.82) is 0 Å². The van der Waals surface area contributed by atoms with E-state index < -0.39 is 0 Å². The zero-order valence-corrected chi connectivity index (χ0v) is 11.0. The average Bonchev–Trinajstić information content (AvgIpc) is 3.04. The van der Waals surface area contributed by atoms with Gasteiger partial charge in [0.1, 0.15) is 12.1 Å². The first-order valence-corrected chi connectivity index (χ1v) is 6.28. The van der Waals surface area contributed by atoms with Gasteiger partial charge in [0, 0.05) is 11.9 Å². The van der Waals surface area contributed by atoms with Crippen LogP contribution in [0.2, 0.25) is 0 Å². The van der Waals surface area contributed by atoms with Crippen LogP contribution in [0.3, 0.4) is 0 Å². The fourth-order valence-corrected chi connectivity index (χ4v) is 2.03. The molecule has 1 aromatic carbocycles. The third-order valence-electron chi connectivity index (χ3n) is 3.05. The lowest BCUT2D eigenvalue weighted by molar-refractivity contribution is 0.0942. The zero-order chi connectivity index (χ0) is 14.1. The Kier molecular flexibility index (Phi) is 3.08. The topological polar surface area (TPSA) is 86.9 Å². The summed E-state index contributed by atoms with van der Waals surface area (Å²) < 4.78 is 7.02. The maximum atomic E-state index is 12.2. The Morgan fingerprint density at radius 2 is 2.25 bits per heavy atom. The zero-order valence-electron chi connectivity index (χ0n) is 11.0. The first-order chi connectivity index (χ1) is 9.65. The van der Waals surface area contributed by atoms with Gasteiger partial charge < -0.3 is 10.2 Å². The normalized spacial score (nSPS) is 11.1. The van der Waals surface area contributed by atoms with E-state index in [2.05, 4.69) is 10.3 Å². The van der Waals surface area contributed by atoms with Crippen LogP contribution in [-0.2, 0) is 13.1 Å². The quantitative estimate of drug-likeness (QED) is 0.729. The second-order valence-corrected chi connectivity index (χ2v) is 4.69. The molecule has 0 aliphatic carbocycles. The highest BCUT2D eigenvalue weighted by atomic mass is 16.3. The second kappa shape index (κ2) is 4.90. The maximum Gasteiger partial charge on any atom is 0.219 e. The van der Waals surface area contributed by atoms with E-state index in [4.69, 9.17) is 10.2 Å². The van der Waals surface area contributed by atoms with Gasteiger partial charge in [-0.15, -0.1) is 5.10 Å². The number of hydrogen-bond acceptors (Lipinski definition) is 5. The summed E-state index contributed by atoms with van der Waals surface area (Å²) in [4.78, 5) is 12.2. The van der Waals surface area contributed by atoms with Gasteiger partial charge >= 0.3 is 0 Å². The molecule has 0 fully saturated rings. The minimum atomic E-state index is -0.146. The van der Waals surface area contributed by atoms with E-state index in [0.717, 1.165) is 10.9 Å². The number of aromatic nitrogens is 3. The molecule has 102 valence electrons. The maximum absolute atomic E-state index is 12.2. The number of benzene rings is 1. The number of carbonyl (C=O) groups is 1. The van der Waals surface area contributed by atoms with Gasteiger partial charge in [0.25, 0.3) is 0 Å². The van der Waals surface area contributed by atoms with Crippen LogP contribution in [0.15, 0.2) is 34.9 Å². The van der Waals surface area contributed by atoms with Crippen molar-refractivity contribution in [2.45, 2.75) is 20.0 Å². The number of nitrogens with two attached hydrogens (primary N) is 1. The SMILES string of the molecule is Cc1ccc2oc(C(=O)Cn3cc(CN)nn3)cc2c1. The van der Waals surface area contributed by atoms with Crippen molar-refractivity contribution >= 4 is 16.8 Å². The number of hydrogen-bond donors (Lipinski definition) is 1. The first-order valence-electron chi connectivity index (χ1n) is 6.28. The van der Waals surface area contributed by atoms with E-state index in [-0.39, 0.29) is 12.3 Å². The Morgan fingerprint density at radius 3 is 3.00 bits per heavy atom. The molecule has 2 heterocycles. The molecule has 3 aromatic rings. The van der Waals surface area contributed by atoms with Crippen molar-refractivity contribution in [3.05, 3.63) is 47.5 Å². The lowest BCUT2D eigenvalue weighted by atomic mass is 10.2. The third-order valence-corrected chi connectivity index (χ3v) is 3.05. The van der Waals surface area contributed by atoms with Gasteiger partial charge in [-0.3, -0.25) is 4.79 Å². The van der Waals surface area contributed by atoms with E-state index in [9.17, 15) is 4.79 Å². The van der Waals surface area contributed by atoms with E-state index >= 15 is 0 Å². The molecule has 0 atom stereocenters. The number of furan rings is 1.